The summed E-state index contributed by atoms with van der Waals surface area (Å²) in [7, 11) is 0. The molecule has 1 aromatic carbocycles. The topological polar surface area (TPSA) is 68.2 Å². The van der Waals surface area contributed by atoms with Crippen molar-refractivity contribution in [2.45, 2.75) is 32.6 Å². The number of thiophene rings is 1. The first-order chi connectivity index (χ1) is 13.2. The number of carbonyl (C=O) groups is 1. The number of hydrogen-bond donors (Lipinski definition) is 2. The molecule has 3 rings (SSSR count). The molecule has 5 nitrogen and oxygen atoms in total. The normalized spacial score (nSPS) is 14.1. The number of urea groups is 1. The fourth-order valence-electron chi connectivity index (χ4n) is 3.32. The summed E-state index contributed by atoms with van der Waals surface area (Å²) < 4.78 is 0. The van der Waals surface area contributed by atoms with Gasteiger partial charge in [-0.15, -0.1) is 11.3 Å². The monoisotopic (exact) mass is 382 g/mol. The van der Waals surface area contributed by atoms with Crippen molar-refractivity contribution in [1.29, 1.82) is 5.26 Å². The standard InChI is InChI=1S/C21H26N4OS/c1-16-6-8-17(9-7-16)19-15-27-20(18(19)14-22)24-21(26)23-10-2-3-11-25-12-4-5-13-25/h6-9,15H,2-5,10-13H2,1H3,(H2,23,24,26). The summed E-state index contributed by atoms with van der Waals surface area (Å²) in [6.45, 7) is 6.23. The summed E-state index contributed by atoms with van der Waals surface area (Å²) in [4.78, 5) is 14.6. The number of unbranched alkanes of at least 4 members (excludes halogenated alkanes) is 1. The van der Waals surface area contributed by atoms with Crippen LogP contribution in [0.1, 0.15) is 36.8 Å². The molecule has 2 aromatic rings. The van der Waals surface area contributed by atoms with Crippen LogP contribution in [0, 0.1) is 18.3 Å². The molecule has 0 unspecified atom stereocenters. The van der Waals surface area contributed by atoms with Gasteiger partial charge in [0.1, 0.15) is 11.1 Å². The van der Waals surface area contributed by atoms with Crippen molar-refractivity contribution in [2.24, 2.45) is 0 Å². The number of nitrogens with one attached hydrogen (secondary N) is 2. The lowest BCUT2D eigenvalue weighted by Crippen LogP contribution is -2.30. The minimum atomic E-state index is -0.245. The zero-order valence-corrected chi connectivity index (χ0v) is 16.6. The number of amides is 2. The van der Waals surface area contributed by atoms with E-state index < -0.39 is 0 Å². The molecule has 0 atom stereocenters. The molecule has 1 aromatic heterocycles. The van der Waals surface area contributed by atoms with Crippen LogP contribution in [0.3, 0.4) is 0 Å². The molecule has 142 valence electrons. The number of nitriles is 1. The first-order valence-corrected chi connectivity index (χ1v) is 10.4. The Morgan fingerprint density at radius 2 is 1.96 bits per heavy atom. The van der Waals surface area contributed by atoms with Crippen LogP contribution in [0.5, 0.6) is 0 Å². The van der Waals surface area contributed by atoms with Crippen molar-refractivity contribution in [3.8, 4) is 17.2 Å². The Kier molecular flexibility index (Phi) is 6.86. The first kappa shape index (κ1) is 19.4. The zero-order chi connectivity index (χ0) is 19.1. The predicted octanol–water partition coefficient (Wildman–Crippen LogP) is 4.59. The molecule has 0 aliphatic carbocycles. The molecule has 6 heteroatoms. The maximum absolute atomic E-state index is 12.2. The first-order valence-electron chi connectivity index (χ1n) is 9.53. The van der Waals surface area contributed by atoms with Crippen LogP contribution in [0.15, 0.2) is 29.6 Å². The Hall–Kier alpha value is -2.36. The minimum Gasteiger partial charge on any atom is -0.338 e. The van der Waals surface area contributed by atoms with E-state index in [4.69, 9.17) is 0 Å². The maximum atomic E-state index is 12.2. The molecule has 1 aliphatic heterocycles. The number of benzene rings is 1. The largest absolute Gasteiger partial charge is 0.338 e. The quantitative estimate of drug-likeness (QED) is 0.688. The van der Waals surface area contributed by atoms with Crippen molar-refractivity contribution in [1.82, 2.24) is 10.2 Å². The minimum absolute atomic E-state index is 0.245. The summed E-state index contributed by atoms with van der Waals surface area (Å²) in [5.74, 6) is 0. The Bertz CT molecular complexity index is 801. The number of nitrogens with zero attached hydrogens (tertiary/aromatic N) is 2. The summed E-state index contributed by atoms with van der Waals surface area (Å²) in [6.07, 6.45) is 4.69. The summed E-state index contributed by atoms with van der Waals surface area (Å²) >= 11 is 1.39. The highest BCUT2D eigenvalue weighted by Gasteiger charge is 2.15. The van der Waals surface area contributed by atoms with Crippen molar-refractivity contribution >= 4 is 22.4 Å². The molecule has 0 bridgehead atoms. The Morgan fingerprint density at radius 1 is 1.22 bits per heavy atom. The Balaban J connectivity index is 1.49. The third-order valence-corrected chi connectivity index (χ3v) is 5.77. The van der Waals surface area contributed by atoms with Gasteiger partial charge in [-0.05, 0) is 57.8 Å². The maximum Gasteiger partial charge on any atom is 0.319 e. The van der Waals surface area contributed by atoms with Gasteiger partial charge in [-0.1, -0.05) is 29.8 Å². The second kappa shape index (κ2) is 9.54. The molecule has 2 N–H and O–H groups in total. The van der Waals surface area contributed by atoms with Gasteiger partial charge in [-0.2, -0.15) is 5.26 Å². The highest BCUT2D eigenvalue weighted by atomic mass is 32.1. The van der Waals surface area contributed by atoms with Crippen LogP contribution in [0.2, 0.25) is 0 Å². The average molecular weight is 383 g/mol. The molecule has 0 radical (unpaired) electrons. The molecular weight excluding hydrogens is 356 g/mol. The van der Waals surface area contributed by atoms with Crippen LogP contribution >= 0.6 is 11.3 Å². The van der Waals surface area contributed by atoms with E-state index in [2.05, 4.69) is 21.6 Å². The highest BCUT2D eigenvalue weighted by Crippen LogP contribution is 2.35. The van der Waals surface area contributed by atoms with Crippen LogP contribution in [0.4, 0.5) is 9.80 Å². The number of hydrogen-bond acceptors (Lipinski definition) is 4. The van der Waals surface area contributed by atoms with E-state index in [0.29, 0.717) is 17.1 Å². The van der Waals surface area contributed by atoms with Gasteiger partial charge in [0.2, 0.25) is 0 Å². The van der Waals surface area contributed by atoms with Gasteiger partial charge in [-0.25, -0.2) is 4.79 Å². The van der Waals surface area contributed by atoms with Crippen LogP contribution in [-0.2, 0) is 0 Å². The van der Waals surface area contributed by atoms with Gasteiger partial charge in [0.15, 0.2) is 0 Å². The van der Waals surface area contributed by atoms with E-state index in [9.17, 15) is 10.1 Å². The molecule has 27 heavy (non-hydrogen) atoms. The second-order valence-electron chi connectivity index (χ2n) is 6.97. The molecule has 1 fully saturated rings. The fraction of sp³-hybridized carbons (Fsp3) is 0.429. The second-order valence-corrected chi connectivity index (χ2v) is 7.85. The van der Waals surface area contributed by atoms with E-state index in [-0.39, 0.29) is 6.03 Å². The number of anilines is 1. The molecule has 0 saturated carbocycles. The SMILES string of the molecule is Cc1ccc(-c2csc(NC(=O)NCCCCN3CCCC3)c2C#N)cc1. The van der Waals surface area contributed by atoms with Gasteiger partial charge >= 0.3 is 6.03 Å². The van der Waals surface area contributed by atoms with Crippen molar-refractivity contribution < 1.29 is 4.79 Å². The number of carbonyl (C=O) groups excluding carboxylic acids is 1. The number of likely N-dealkylation sites (tertiary alicyclic amines) is 1. The van der Waals surface area contributed by atoms with E-state index in [1.165, 1.54) is 42.8 Å². The van der Waals surface area contributed by atoms with Crippen LogP contribution in [0.25, 0.3) is 11.1 Å². The Morgan fingerprint density at radius 3 is 2.67 bits per heavy atom. The van der Waals surface area contributed by atoms with Gasteiger partial charge in [0.05, 0.1) is 5.56 Å². The zero-order valence-electron chi connectivity index (χ0n) is 15.8. The van der Waals surface area contributed by atoms with Gasteiger partial charge < -0.3 is 10.2 Å². The lowest BCUT2D eigenvalue weighted by atomic mass is 10.0. The van der Waals surface area contributed by atoms with Gasteiger partial charge in [-0.3, -0.25) is 5.32 Å². The van der Waals surface area contributed by atoms with Crippen molar-refractivity contribution in [3.05, 3.63) is 40.8 Å². The van der Waals surface area contributed by atoms with Gasteiger partial charge in [0, 0.05) is 17.5 Å². The molecule has 2 amide bonds. The van der Waals surface area contributed by atoms with E-state index >= 15 is 0 Å². The highest BCUT2D eigenvalue weighted by molar-refractivity contribution is 7.15. The van der Waals surface area contributed by atoms with Gasteiger partial charge in [0.25, 0.3) is 0 Å². The average Bonchev–Trinajstić information content (AvgIpc) is 3.32. The number of aryl methyl sites for hydroxylation is 1. The lowest BCUT2D eigenvalue weighted by molar-refractivity contribution is 0.251. The van der Waals surface area contributed by atoms with E-state index in [1.54, 1.807) is 0 Å². The fourth-order valence-corrected chi connectivity index (χ4v) is 4.24. The predicted molar refractivity (Wildman–Crippen MR) is 111 cm³/mol. The van der Waals surface area contributed by atoms with E-state index in [1.807, 2.05) is 36.6 Å². The summed E-state index contributed by atoms with van der Waals surface area (Å²) in [5.41, 5.74) is 3.55. The molecule has 2 heterocycles. The van der Waals surface area contributed by atoms with Crippen molar-refractivity contribution in [2.75, 3.05) is 31.5 Å². The molecule has 1 saturated heterocycles. The van der Waals surface area contributed by atoms with Crippen LogP contribution in [-0.4, -0.2) is 37.1 Å². The Labute approximate surface area is 165 Å². The molecular formula is C21H26N4OS. The summed E-state index contributed by atoms with van der Waals surface area (Å²) in [5, 5.41) is 17.8. The lowest BCUT2D eigenvalue weighted by Gasteiger charge is -2.14. The summed E-state index contributed by atoms with van der Waals surface area (Å²) in [6, 6.07) is 10.0. The van der Waals surface area contributed by atoms with E-state index in [0.717, 1.165) is 30.5 Å². The van der Waals surface area contributed by atoms with Crippen LogP contribution < -0.4 is 10.6 Å². The molecule has 0 spiro atoms. The third-order valence-electron chi connectivity index (χ3n) is 4.88. The third kappa shape index (κ3) is 5.31. The molecule has 1 aliphatic rings. The smallest absolute Gasteiger partial charge is 0.319 e. The number of rotatable bonds is 7. The van der Waals surface area contributed by atoms with Crippen molar-refractivity contribution in [3.63, 3.8) is 0 Å².